The maximum Gasteiger partial charge on any atom is 0.362 e. The van der Waals surface area contributed by atoms with Gasteiger partial charge >= 0.3 is 13.8 Å². The molecule has 1 unspecified atom stereocenters. The predicted molar refractivity (Wildman–Crippen MR) is 135 cm³/mol. The zero-order chi connectivity index (χ0) is 23.0. The van der Waals surface area contributed by atoms with E-state index in [2.05, 4.69) is 22.8 Å². The molecule has 2 aromatic carbocycles. The van der Waals surface area contributed by atoms with Gasteiger partial charge in [-0.25, -0.2) is 0 Å². The average Bonchev–Trinajstić information content (AvgIpc) is 3.18. The Kier molecular flexibility index (Phi) is 8.72. The lowest BCUT2D eigenvalue weighted by molar-refractivity contribution is -0.146. The lowest BCUT2D eigenvalue weighted by atomic mass is 10.0. The Morgan fingerprint density at radius 1 is 0.969 bits per heavy atom. The first kappa shape index (κ1) is 24.3. The molecule has 0 aromatic heterocycles. The summed E-state index contributed by atoms with van der Waals surface area (Å²) in [6.07, 6.45) is 4.87. The molecule has 0 aliphatic carbocycles. The summed E-state index contributed by atoms with van der Waals surface area (Å²) < 4.78 is 9.55. The molecule has 0 amide bonds. The summed E-state index contributed by atoms with van der Waals surface area (Å²) in [6, 6.07) is 19.9. The number of hydrogen-bond acceptors (Lipinski definition) is 5. The highest BCUT2D eigenvalue weighted by Gasteiger charge is 2.61. The summed E-state index contributed by atoms with van der Waals surface area (Å²) in [5.41, 5.74) is 1.88. The first-order valence-corrected chi connectivity index (χ1v) is 13.3. The van der Waals surface area contributed by atoms with Crippen LogP contribution in [0.1, 0.15) is 46.0 Å². The van der Waals surface area contributed by atoms with Gasteiger partial charge in [0.25, 0.3) is 0 Å². The number of carbonyl (C=O) groups is 1. The largest absolute Gasteiger partial charge is 0.465 e. The number of unbranched alkanes of at least 4 members (excludes halogenated alkanes) is 3. The molecule has 1 aliphatic heterocycles. The van der Waals surface area contributed by atoms with Gasteiger partial charge in [0.1, 0.15) is 5.92 Å². The molecule has 1 atom stereocenters. The molecule has 3 rings (SSSR count). The third-order valence-corrected chi connectivity index (χ3v) is 9.30. The van der Waals surface area contributed by atoms with E-state index in [1.807, 2.05) is 67.6 Å². The molecular weight excluding hydrogens is 419 g/mol. The molecule has 1 saturated heterocycles. The van der Waals surface area contributed by atoms with E-state index >= 15 is 0 Å². The van der Waals surface area contributed by atoms with Crippen LogP contribution >= 0.6 is 7.79 Å². The molecule has 0 radical (unpaired) electrons. The van der Waals surface area contributed by atoms with Gasteiger partial charge in [-0.15, -0.1) is 0 Å². The van der Waals surface area contributed by atoms with E-state index < -0.39 is 13.7 Å². The van der Waals surface area contributed by atoms with Crippen molar-refractivity contribution < 1.29 is 14.4 Å². The van der Waals surface area contributed by atoms with Crippen LogP contribution in [0.15, 0.2) is 72.6 Å². The van der Waals surface area contributed by atoms with E-state index in [0.29, 0.717) is 31.4 Å². The highest BCUT2D eigenvalue weighted by atomic mass is 31.2. The highest BCUT2D eigenvalue weighted by Crippen LogP contribution is 2.73. The summed E-state index contributed by atoms with van der Waals surface area (Å²) in [4.78, 5) is 25.5. The van der Waals surface area contributed by atoms with E-state index in [0.717, 1.165) is 37.1 Å². The summed E-state index contributed by atoms with van der Waals surface area (Å²) in [7, 11) is -3.09. The number of nitrogens with zero attached hydrogens (tertiary/aromatic N) is 2. The topological polar surface area (TPSA) is 53.0 Å². The van der Waals surface area contributed by atoms with Gasteiger partial charge in [-0.05, 0) is 37.6 Å². The Balaban J connectivity index is 1.99. The number of rotatable bonds is 11. The number of ether oxygens (including phenoxy) is 1. The molecular formula is C26H36N2O3P+. The molecule has 5 nitrogen and oxygen atoms in total. The number of para-hydroxylation sites is 2. The molecule has 1 fully saturated rings. The fourth-order valence-electron chi connectivity index (χ4n) is 4.34. The van der Waals surface area contributed by atoms with Crippen molar-refractivity contribution in [1.29, 1.82) is 0 Å². The van der Waals surface area contributed by atoms with Gasteiger partial charge in [-0.1, -0.05) is 75.6 Å². The lowest BCUT2D eigenvalue weighted by Gasteiger charge is -2.34. The van der Waals surface area contributed by atoms with E-state index in [-0.39, 0.29) is 5.97 Å². The number of carbonyl (C=O) groups excluding carboxylic acids is 1. The van der Waals surface area contributed by atoms with Crippen LogP contribution in [0.2, 0.25) is 0 Å². The first-order valence-electron chi connectivity index (χ1n) is 11.7. The number of benzene rings is 2. The SMILES string of the molecule is C=C(C(CCCCCC)C(=O)OCC)[P+]1(O)N(c2ccccc2)CCN1c1ccccc1. The molecule has 0 bridgehead atoms. The molecule has 172 valence electrons. The number of anilines is 2. The number of esters is 1. The molecule has 1 heterocycles. The average molecular weight is 456 g/mol. The zero-order valence-electron chi connectivity index (χ0n) is 19.3. The third-order valence-electron chi connectivity index (χ3n) is 6.01. The van der Waals surface area contributed by atoms with Crippen molar-refractivity contribution in [3.8, 4) is 0 Å². The fourth-order valence-corrected chi connectivity index (χ4v) is 7.52. The van der Waals surface area contributed by atoms with Crippen molar-refractivity contribution in [2.45, 2.75) is 46.0 Å². The van der Waals surface area contributed by atoms with Crippen LogP contribution in [-0.4, -0.2) is 30.6 Å². The lowest BCUT2D eigenvalue weighted by Crippen LogP contribution is -2.31. The Bertz CT molecular complexity index is 828. The van der Waals surface area contributed by atoms with Crippen molar-refractivity contribution in [2.24, 2.45) is 5.92 Å². The predicted octanol–water partition coefficient (Wildman–Crippen LogP) is 6.43. The van der Waals surface area contributed by atoms with Crippen molar-refractivity contribution in [3.05, 3.63) is 72.6 Å². The van der Waals surface area contributed by atoms with E-state index in [1.54, 1.807) is 0 Å². The maximum atomic E-state index is 13.0. The normalized spacial score (nSPS) is 16.1. The van der Waals surface area contributed by atoms with Crippen LogP contribution in [0.3, 0.4) is 0 Å². The summed E-state index contributed by atoms with van der Waals surface area (Å²) in [6.45, 7) is 10.0. The van der Waals surface area contributed by atoms with Crippen molar-refractivity contribution in [3.63, 3.8) is 0 Å². The van der Waals surface area contributed by atoms with Gasteiger partial charge in [-0.2, -0.15) is 14.2 Å². The van der Waals surface area contributed by atoms with Gasteiger partial charge in [0.15, 0.2) is 5.31 Å². The van der Waals surface area contributed by atoms with Gasteiger partial charge in [-0.3, -0.25) is 4.79 Å². The van der Waals surface area contributed by atoms with Gasteiger partial charge in [0.05, 0.1) is 31.1 Å². The summed E-state index contributed by atoms with van der Waals surface area (Å²) in [5, 5.41) is 0.581. The van der Waals surface area contributed by atoms with Crippen LogP contribution in [0.5, 0.6) is 0 Å². The molecule has 32 heavy (non-hydrogen) atoms. The fraction of sp³-hybridized carbons (Fsp3) is 0.423. The molecule has 6 heteroatoms. The standard InChI is InChI=1S/C26H36N2O3P/c1-4-6-7-14-19-25(26(29)31-5-2)22(3)32(30)27(23-15-10-8-11-16-23)20-21-28(32)24-17-12-9-13-18-24/h8-13,15-18,25,30H,3-7,14,19-21H2,1-2H3/q+1. The Morgan fingerprint density at radius 3 is 1.97 bits per heavy atom. The molecule has 1 N–H and O–H groups in total. The smallest absolute Gasteiger partial charge is 0.362 e. The van der Waals surface area contributed by atoms with E-state index in [1.165, 1.54) is 0 Å². The summed E-state index contributed by atoms with van der Waals surface area (Å²) in [5.74, 6) is -0.809. The van der Waals surface area contributed by atoms with Crippen LogP contribution in [0, 0.1) is 5.92 Å². The van der Waals surface area contributed by atoms with Crippen LogP contribution < -0.4 is 9.34 Å². The van der Waals surface area contributed by atoms with Crippen molar-refractivity contribution in [1.82, 2.24) is 0 Å². The van der Waals surface area contributed by atoms with Crippen molar-refractivity contribution in [2.75, 3.05) is 29.0 Å². The van der Waals surface area contributed by atoms with E-state index in [4.69, 9.17) is 4.74 Å². The molecule has 0 spiro atoms. The highest BCUT2D eigenvalue weighted by molar-refractivity contribution is 7.77. The Hall–Kier alpha value is -2.36. The minimum Gasteiger partial charge on any atom is -0.465 e. The minimum atomic E-state index is -3.09. The zero-order valence-corrected chi connectivity index (χ0v) is 20.2. The quantitative estimate of drug-likeness (QED) is 0.240. The van der Waals surface area contributed by atoms with Crippen LogP contribution in [0.4, 0.5) is 11.4 Å². The molecule has 1 aliphatic rings. The second-order valence-corrected chi connectivity index (χ2v) is 10.8. The Labute approximate surface area is 193 Å². The van der Waals surface area contributed by atoms with E-state index in [9.17, 15) is 9.69 Å². The summed E-state index contributed by atoms with van der Waals surface area (Å²) >= 11 is 0. The van der Waals surface area contributed by atoms with Crippen LogP contribution in [0.25, 0.3) is 0 Å². The monoisotopic (exact) mass is 455 g/mol. The molecule has 0 saturated carbocycles. The van der Waals surface area contributed by atoms with Gasteiger partial charge in [0.2, 0.25) is 0 Å². The number of hydrogen-bond donors (Lipinski definition) is 1. The molecule has 2 aromatic rings. The van der Waals surface area contributed by atoms with Gasteiger partial charge in [0, 0.05) is 0 Å². The van der Waals surface area contributed by atoms with Crippen LogP contribution in [-0.2, 0) is 9.53 Å². The second kappa shape index (κ2) is 11.5. The second-order valence-electron chi connectivity index (χ2n) is 8.13. The van der Waals surface area contributed by atoms with Gasteiger partial charge < -0.3 is 4.74 Å². The first-order chi connectivity index (χ1) is 15.5. The minimum absolute atomic E-state index is 0.282. The van der Waals surface area contributed by atoms with Crippen molar-refractivity contribution >= 4 is 25.1 Å². The maximum absolute atomic E-state index is 13.0. The Morgan fingerprint density at radius 2 is 1.50 bits per heavy atom. The third kappa shape index (κ3) is 5.16.